The maximum absolute atomic E-state index is 9.13. The summed E-state index contributed by atoms with van der Waals surface area (Å²) in [4.78, 5) is 1.04. The van der Waals surface area contributed by atoms with Crippen LogP contribution in [0.3, 0.4) is 0 Å². The van der Waals surface area contributed by atoms with Crippen molar-refractivity contribution in [3.05, 3.63) is 23.1 Å². The Morgan fingerprint density at radius 3 is 2.93 bits per heavy atom. The van der Waals surface area contributed by atoms with E-state index in [-0.39, 0.29) is 0 Å². The fourth-order valence-corrected chi connectivity index (χ4v) is 2.80. The van der Waals surface area contributed by atoms with Crippen LogP contribution in [0.5, 0.6) is 0 Å². The molecule has 0 N–H and O–H groups in total. The molecule has 0 fully saturated rings. The van der Waals surface area contributed by atoms with Crippen molar-refractivity contribution in [2.24, 2.45) is 7.05 Å². The van der Waals surface area contributed by atoms with E-state index in [9.17, 15) is 0 Å². The van der Waals surface area contributed by atoms with Gasteiger partial charge in [-0.2, -0.15) is 10.4 Å². The topological polar surface area (TPSA) is 41.6 Å². The van der Waals surface area contributed by atoms with E-state index in [2.05, 4.69) is 11.2 Å². The second-order valence-electron chi connectivity index (χ2n) is 2.95. The maximum atomic E-state index is 9.13. The van der Waals surface area contributed by atoms with E-state index in [0.29, 0.717) is 5.56 Å². The predicted octanol–water partition coefficient (Wildman–Crippen LogP) is 2.74. The quantitative estimate of drug-likeness (QED) is 0.752. The molecule has 5 heteroatoms. The summed E-state index contributed by atoms with van der Waals surface area (Å²) in [6.07, 6.45) is 1.95. The van der Waals surface area contributed by atoms with Gasteiger partial charge in [0.25, 0.3) is 0 Å². The number of hydrogen-bond donors (Lipinski definition) is 0. The summed E-state index contributed by atoms with van der Waals surface area (Å²) in [7, 11) is 1.86. The second-order valence-corrected chi connectivity index (χ2v) is 4.69. The van der Waals surface area contributed by atoms with Crippen molar-refractivity contribution in [2.75, 3.05) is 6.26 Å². The lowest BCUT2D eigenvalue weighted by Crippen LogP contribution is -1.91. The Kier molecular flexibility index (Phi) is 2.80. The maximum Gasteiger partial charge on any atom is 0.121 e. The molecule has 15 heavy (non-hydrogen) atoms. The molecule has 0 atom stereocenters. The first-order valence-corrected chi connectivity index (χ1v) is 6.43. The van der Waals surface area contributed by atoms with E-state index in [1.807, 2.05) is 30.8 Å². The first-order valence-electron chi connectivity index (χ1n) is 4.33. The molecule has 76 valence electrons. The summed E-state index contributed by atoms with van der Waals surface area (Å²) in [5.41, 5.74) is 1.46. The highest BCUT2D eigenvalue weighted by atomic mass is 32.2. The smallest absolute Gasteiger partial charge is 0.121 e. The lowest BCUT2D eigenvalue weighted by Gasteiger charge is -1.94. The summed E-state index contributed by atoms with van der Waals surface area (Å²) in [5.74, 6) is 0. The fraction of sp³-hybridized carbons (Fsp3) is 0.200. The average molecular weight is 235 g/mol. The third kappa shape index (κ3) is 1.66. The molecule has 0 spiro atoms. The minimum Gasteiger partial charge on any atom is -0.260 e. The number of thioether (sulfide) groups is 1. The van der Waals surface area contributed by atoms with Gasteiger partial charge in [-0.05, 0) is 17.7 Å². The molecule has 0 aliphatic carbocycles. The van der Waals surface area contributed by atoms with Crippen molar-refractivity contribution < 1.29 is 0 Å². The van der Waals surface area contributed by atoms with E-state index in [0.717, 1.165) is 15.6 Å². The molecule has 0 aliphatic rings. The molecule has 2 rings (SSSR count). The highest BCUT2D eigenvalue weighted by Crippen LogP contribution is 2.31. The van der Waals surface area contributed by atoms with Crippen LogP contribution in [0.4, 0.5) is 0 Å². The molecule has 0 saturated heterocycles. The van der Waals surface area contributed by atoms with Crippen LogP contribution in [0.15, 0.2) is 22.5 Å². The molecule has 0 aromatic carbocycles. The van der Waals surface area contributed by atoms with Gasteiger partial charge < -0.3 is 0 Å². The van der Waals surface area contributed by atoms with Crippen molar-refractivity contribution in [3.8, 4) is 16.6 Å². The number of aryl methyl sites for hydroxylation is 1. The summed E-state index contributed by atoms with van der Waals surface area (Å²) in [5, 5.41) is 16.4. The molecular weight excluding hydrogens is 226 g/mol. The highest BCUT2D eigenvalue weighted by molar-refractivity contribution is 7.98. The van der Waals surface area contributed by atoms with Crippen molar-refractivity contribution in [3.63, 3.8) is 0 Å². The van der Waals surface area contributed by atoms with Crippen LogP contribution in [-0.4, -0.2) is 16.0 Å². The predicted molar refractivity (Wildman–Crippen MR) is 63.0 cm³/mol. The van der Waals surface area contributed by atoms with E-state index >= 15 is 0 Å². The van der Waals surface area contributed by atoms with Crippen LogP contribution in [0.25, 0.3) is 10.6 Å². The minimum atomic E-state index is 0.674. The molecule has 2 aromatic heterocycles. The van der Waals surface area contributed by atoms with Gasteiger partial charge in [0.1, 0.15) is 22.4 Å². The van der Waals surface area contributed by atoms with Gasteiger partial charge in [0.15, 0.2) is 0 Å². The number of nitriles is 1. The number of aromatic nitrogens is 2. The van der Waals surface area contributed by atoms with Gasteiger partial charge in [0.05, 0.1) is 4.88 Å². The van der Waals surface area contributed by atoms with Gasteiger partial charge in [0, 0.05) is 7.05 Å². The molecular formula is C10H9N3S2. The first kappa shape index (κ1) is 10.3. The zero-order chi connectivity index (χ0) is 10.8. The summed E-state index contributed by atoms with van der Waals surface area (Å²) >= 11 is 3.15. The van der Waals surface area contributed by atoms with Gasteiger partial charge in [-0.15, -0.1) is 23.1 Å². The molecule has 0 radical (unpaired) electrons. The minimum absolute atomic E-state index is 0.674. The first-order chi connectivity index (χ1) is 7.27. The lowest BCUT2D eigenvalue weighted by atomic mass is 10.2. The largest absolute Gasteiger partial charge is 0.260 e. The van der Waals surface area contributed by atoms with Crippen LogP contribution in [0.2, 0.25) is 0 Å². The van der Waals surface area contributed by atoms with Crippen molar-refractivity contribution in [1.29, 1.82) is 5.26 Å². The second kappa shape index (κ2) is 4.09. The number of rotatable bonds is 2. The summed E-state index contributed by atoms with van der Waals surface area (Å²) in [6, 6.07) is 6.18. The van der Waals surface area contributed by atoms with Gasteiger partial charge in [-0.25, -0.2) is 0 Å². The van der Waals surface area contributed by atoms with Crippen LogP contribution >= 0.6 is 23.1 Å². The van der Waals surface area contributed by atoms with Crippen molar-refractivity contribution in [1.82, 2.24) is 9.78 Å². The van der Waals surface area contributed by atoms with Crippen LogP contribution < -0.4 is 0 Å². The molecule has 2 aromatic rings. The Hall–Kier alpha value is -1.25. The molecule has 0 unspecified atom stereocenters. The Balaban J connectivity index is 2.64. The monoisotopic (exact) mass is 235 g/mol. The van der Waals surface area contributed by atoms with E-state index in [4.69, 9.17) is 5.26 Å². The Labute approximate surface area is 96.3 Å². The molecule has 0 amide bonds. The van der Waals surface area contributed by atoms with Gasteiger partial charge in [-0.3, -0.25) is 4.68 Å². The summed E-state index contributed by atoms with van der Waals surface area (Å²) < 4.78 is 1.76. The number of thiophene rings is 1. The van der Waals surface area contributed by atoms with Gasteiger partial charge in [-0.1, -0.05) is 6.07 Å². The third-order valence-electron chi connectivity index (χ3n) is 2.05. The molecule has 0 bridgehead atoms. The SMILES string of the molecule is CSc1c(C#N)c(-c2cccs2)nn1C. The Morgan fingerprint density at radius 1 is 1.60 bits per heavy atom. The summed E-state index contributed by atoms with van der Waals surface area (Å²) in [6.45, 7) is 0. The average Bonchev–Trinajstić information content (AvgIpc) is 2.83. The lowest BCUT2D eigenvalue weighted by molar-refractivity contribution is 0.701. The third-order valence-corrected chi connectivity index (χ3v) is 3.79. The Bertz CT molecular complexity index is 506. The fourth-order valence-electron chi connectivity index (χ4n) is 1.43. The van der Waals surface area contributed by atoms with Crippen LogP contribution in [0, 0.1) is 11.3 Å². The Morgan fingerprint density at radius 2 is 2.40 bits per heavy atom. The standard InChI is InChI=1S/C10H9N3S2/c1-13-10(14-2)7(6-11)9(12-13)8-4-3-5-15-8/h3-5H,1-2H3. The van der Waals surface area contributed by atoms with E-state index < -0.39 is 0 Å². The van der Waals surface area contributed by atoms with Crippen LogP contribution in [-0.2, 0) is 7.05 Å². The number of nitrogens with zero attached hydrogens (tertiary/aromatic N) is 3. The van der Waals surface area contributed by atoms with E-state index in [1.54, 1.807) is 27.8 Å². The zero-order valence-electron chi connectivity index (χ0n) is 8.39. The number of hydrogen-bond acceptors (Lipinski definition) is 4. The molecule has 0 saturated carbocycles. The van der Waals surface area contributed by atoms with Crippen molar-refractivity contribution >= 4 is 23.1 Å². The molecule has 2 heterocycles. The van der Waals surface area contributed by atoms with Gasteiger partial charge in [0.2, 0.25) is 0 Å². The highest BCUT2D eigenvalue weighted by Gasteiger charge is 2.16. The zero-order valence-corrected chi connectivity index (χ0v) is 10.0. The van der Waals surface area contributed by atoms with Gasteiger partial charge >= 0.3 is 0 Å². The van der Waals surface area contributed by atoms with Crippen molar-refractivity contribution in [2.45, 2.75) is 5.03 Å². The van der Waals surface area contributed by atoms with E-state index in [1.165, 1.54) is 0 Å². The molecule has 3 nitrogen and oxygen atoms in total. The normalized spacial score (nSPS) is 10.2. The molecule has 0 aliphatic heterocycles. The van der Waals surface area contributed by atoms with Crippen LogP contribution in [0.1, 0.15) is 5.56 Å².